The third-order valence-electron chi connectivity index (χ3n) is 5.57. The molecule has 0 saturated carbocycles. The summed E-state index contributed by atoms with van der Waals surface area (Å²) in [6.07, 6.45) is 2.29. The number of hydrogen-bond donors (Lipinski definition) is 1. The number of nitrogens with one attached hydrogen (secondary N) is 1. The van der Waals surface area contributed by atoms with E-state index in [4.69, 9.17) is 4.52 Å². The van der Waals surface area contributed by atoms with Crippen molar-refractivity contribution in [3.63, 3.8) is 0 Å². The molecule has 3 aromatic heterocycles. The Balaban J connectivity index is 1.18. The Morgan fingerprint density at radius 2 is 2.03 bits per heavy atom. The highest BCUT2D eigenvalue weighted by Gasteiger charge is 2.26. The zero-order valence-corrected chi connectivity index (χ0v) is 17.1. The number of aryl methyl sites for hydroxylation is 1. The molecule has 4 aromatic rings. The molecule has 8 nitrogen and oxygen atoms in total. The van der Waals surface area contributed by atoms with Crippen molar-refractivity contribution in [3.8, 4) is 10.7 Å². The minimum Gasteiger partial charge on any atom is -0.343 e. The first-order chi connectivity index (χ1) is 14.7. The molecule has 1 aliphatic heterocycles. The molecular weight excluding hydrogens is 402 g/mol. The van der Waals surface area contributed by atoms with Gasteiger partial charge >= 0.3 is 5.69 Å². The van der Waals surface area contributed by atoms with Crippen LogP contribution < -0.4 is 5.69 Å². The van der Waals surface area contributed by atoms with Crippen LogP contribution in [0.2, 0.25) is 0 Å². The number of rotatable bonds is 5. The van der Waals surface area contributed by atoms with Crippen molar-refractivity contribution in [1.29, 1.82) is 0 Å². The summed E-state index contributed by atoms with van der Waals surface area (Å²) in [6.45, 7) is 1.28. The molecule has 30 heavy (non-hydrogen) atoms. The van der Waals surface area contributed by atoms with Gasteiger partial charge in [-0.2, -0.15) is 4.98 Å². The molecule has 1 amide bonds. The van der Waals surface area contributed by atoms with Crippen molar-refractivity contribution in [2.45, 2.75) is 31.7 Å². The number of piperidine rings is 1. The standard InChI is InChI=1S/C21H21N5O3S/c27-19(8-7-18-23-20(24-29-18)17-6-3-13-30-17)25-11-9-14(10-12-25)26-16-5-2-1-4-15(16)22-21(26)28/h1-6,13-14H,7-12H2,(H,22,28). The van der Waals surface area contributed by atoms with Gasteiger partial charge < -0.3 is 14.4 Å². The lowest BCUT2D eigenvalue weighted by Crippen LogP contribution is -2.40. The summed E-state index contributed by atoms with van der Waals surface area (Å²) in [4.78, 5) is 35.2. The fraction of sp³-hybridized carbons (Fsp3) is 0.333. The van der Waals surface area contributed by atoms with Gasteiger partial charge in [0.25, 0.3) is 0 Å². The Labute approximate surface area is 176 Å². The van der Waals surface area contributed by atoms with Crippen LogP contribution in [0.5, 0.6) is 0 Å². The number of hydrogen-bond acceptors (Lipinski definition) is 6. The number of carbonyl (C=O) groups is 1. The molecule has 1 aliphatic rings. The molecule has 0 aliphatic carbocycles. The van der Waals surface area contributed by atoms with Crippen LogP contribution in [0, 0.1) is 0 Å². The Morgan fingerprint density at radius 1 is 1.20 bits per heavy atom. The lowest BCUT2D eigenvalue weighted by molar-refractivity contribution is -0.132. The second-order valence-corrected chi connectivity index (χ2v) is 8.37. The number of aromatic nitrogens is 4. The lowest BCUT2D eigenvalue weighted by Gasteiger charge is -2.32. The van der Waals surface area contributed by atoms with Gasteiger partial charge in [-0.3, -0.25) is 9.36 Å². The summed E-state index contributed by atoms with van der Waals surface area (Å²) in [5, 5.41) is 5.95. The van der Waals surface area contributed by atoms with E-state index in [1.54, 1.807) is 11.3 Å². The van der Waals surface area contributed by atoms with Gasteiger partial charge in [-0.15, -0.1) is 11.3 Å². The number of thiophene rings is 1. The fourth-order valence-electron chi connectivity index (χ4n) is 4.04. The van der Waals surface area contributed by atoms with Gasteiger partial charge in [0.2, 0.25) is 17.6 Å². The van der Waals surface area contributed by atoms with E-state index in [1.807, 2.05) is 51.2 Å². The second kappa shape index (κ2) is 7.91. The Bertz CT molecular complexity index is 1210. The van der Waals surface area contributed by atoms with E-state index in [1.165, 1.54) is 0 Å². The molecule has 0 bridgehead atoms. The van der Waals surface area contributed by atoms with Crippen molar-refractivity contribution in [3.05, 3.63) is 58.2 Å². The van der Waals surface area contributed by atoms with Crippen LogP contribution >= 0.6 is 11.3 Å². The number of H-pyrrole nitrogens is 1. The van der Waals surface area contributed by atoms with Crippen LogP contribution in [0.3, 0.4) is 0 Å². The van der Waals surface area contributed by atoms with Gasteiger partial charge in [-0.1, -0.05) is 23.4 Å². The number of para-hydroxylation sites is 2. The van der Waals surface area contributed by atoms with E-state index in [9.17, 15) is 9.59 Å². The number of nitrogens with zero attached hydrogens (tertiary/aromatic N) is 4. The van der Waals surface area contributed by atoms with E-state index in [2.05, 4.69) is 15.1 Å². The number of amides is 1. The molecule has 1 fully saturated rings. The summed E-state index contributed by atoms with van der Waals surface area (Å²) in [7, 11) is 0. The number of likely N-dealkylation sites (tertiary alicyclic amines) is 1. The van der Waals surface area contributed by atoms with E-state index < -0.39 is 0 Å². The molecule has 0 atom stereocenters. The van der Waals surface area contributed by atoms with Crippen LogP contribution in [-0.4, -0.2) is 43.6 Å². The Kier molecular flexibility index (Phi) is 4.96. The SMILES string of the molecule is O=C(CCc1nc(-c2cccs2)no1)N1CCC(n2c(=O)[nH]c3ccccc32)CC1. The third kappa shape index (κ3) is 3.56. The van der Waals surface area contributed by atoms with Crippen LogP contribution in [0.25, 0.3) is 21.7 Å². The van der Waals surface area contributed by atoms with Crippen molar-refractivity contribution >= 4 is 28.3 Å². The van der Waals surface area contributed by atoms with Crippen molar-refractivity contribution in [1.82, 2.24) is 24.6 Å². The van der Waals surface area contributed by atoms with Gasteiger partial charge in [0.15, 0.2) is 0 Å². The summed E-state index contributed by atoms with van der Waals surface area (Å²) in [6, 6.07) is 11.7. The van der Waals surface area contributed by atoms with Gasteiger partial charge in [0.05, 0.1) is 15.9 Å². The van der Waals surface area contributed by atoms with Gasteiger partial charge in [0.1, 0.15) is 0 Å². The maximum Gasteiger partial charge on any atom is 0.326 e. The molecule has 154 valence electrons. The number of imidazole rings is 1. The first-order valence-corrected chi connectivity index (χ1v) is 10.9. The third-order valence-corrected chi connectivity index (χ3v) is 6.43. The lowest BCUT2D eigenvalue weighted by atomic mass is 10.0. The summed E-state index contributed by atoms with van der Waals surface area (Å²) < 4.78 is 7.11. The van der Waals surface area contributed by atoms with Crippen LogP contribution in [0.4, 0.5) is 0 Å². The highest BCUT2D eigenvalue weighted by Crippen LogP contribution is 2.25. The molecule has 1 aromatic carbocycles. The first-order valence-electron chi connectivity index (χ1n) is 10.0. The predicted octanol–water partition coefficient (Wildman–Crippen LogP) is 3.24. The van der Waals surface area contributed by atoms with E-state index in [0.29, 0.717) is 37.6 Å². The zero-order valence-electron chi connectivity index (χ0n) is 16.3. The molecule has 9 heteroatoms. The minimum absolute atomic E-state index is 0.0793. The Morgan fingerprint density at radius 3 is 2.83 bits per heavy atom. The highest BCUT2D eigenvalue weighted by molar-refractivity contribution is 7.13. The monoisotopic (exact) mass is 423 g/mol. The molecule has 5 rings (SSSR count). The molecule has 0 radical (unpaired) electrons. The van der Waals surface area contributed by atoms with Crippen LogP contribution in [0.1, 0.15) is 31.2 Å². The maximum absolute atomic E-state index is 12.6. The van der Waals surface area contributed by atoms with E-state index in [-0.39, 0.29) is 17.6 Å². The average molecular weight is 423 g/mol. The number of benzene rings is 1. The number of fused-ring (bicyclic) bond motifs is 1. The number of aromatic amines is 1. The molecular formula is C21H21N5O3S. The number of carbonyl (C=O) groups excluding carboxylic acids is 1. The average Bonchev–Trinajstić information content (AvgIpc) is 3.51. The van der Waals surface area contributed by atoms with E-state index >= 15 is 0 Å². The van der Waals surface area contributed by atoms with Crippen LogP contribution in [-0.2, 0) is 11.2 Å². The van der Waals surface area contributed by atoms with Gasteiger partial charge in [-0.05, 0) is 36.4 Å². The van der Waals surface area contributed by atoms with E-state index in [0.717, 1.165) is 28.8 Å². The molecule has 4 heterocycles. The normalized spacial score (nSPS) is 15.1. The van der Waals surface area contributed by atoms with Gasteiger partial charge in [-0.25, -0.2) is 4.79 Å². The zero-order chi connectivity index (χ0) is 20.5. The molecule has 1 saturated heterocycles. The largest absolute Gasteiger partial charge is 0.343 e. The summed E-state index contributed by atoms with van der Waals surface area (Å²) in [5.74, 6) is 1.13. The van der Waals surface area contributed by atoms with Crippen molar-refractivity contribution < 1.29 is 9.32 Å². The quantitative estimate of drug-likeness (QED) is 0.532. The highest BCUT2D eigenvalue weighted by atomic mass is 32.1. The van der Waals surface area contributed by atoms with Gasteiger partial charge in [0, 0.05) is 32.0 Å². The van der Waals surface area contributed by atoms with Crippen LogP contribution in [0.15, 0.2) is 51.1 Å². The summed E-state index contributed by atoms with van der Waals surface area (Å²) in [5.41, 5.74) is 1.69. The van der Waals surface area contributed by atoms with Crippen molar-refractivity contribution in [2.24, 2.45) is 0 Å². The fourth-order valence-corrected chi connectivity index (χ4v) is 4.69. The molecule has 1 N–H and O–H groups in total. The maximum atomic E-state index is 12.6. The second-order valence-electron chi connectivity index (χ2n) is 7.42. The van der Waals surface area contributed by atoms with Crippen molar-refractivity contribution in [2.75, 3.05) is 13.1 Å². The Hall–Kier alpha value is -3.20. The first kappa shape index (κ1) is 18.8. The molecule has 0 spiro atoms. The smallest absolute Gasteiger partial charge is 0.326 e. The minimum atomic E-state index is -0.0843. The summed E-state index contributed by atoms with van der Waals surface area (Å²) >= 11 is 1.55. The topological polar surface area (TPSA) is 97.0 Å². The predicted molar refractivity (Wildman–Crippen MR) is 113 cm³/mol. The molecule has 0 unspecified atom stereocenters.